The van der Waals surface area contributed by atoms with Gasteiger partial charge in [0.1, 0.15) is 18.0 Å². The first-order valence-electron chi connectivity index (χ1n) is 12.4. The fourth-order valence-electron chi connectivity index (χ4n) is 6.45. The molecule has 0 radical (unpaired) electrons. The summed E-state index contributed by atoms with van der Waals surface area (Å²) in [4.78, 5) is 17.7. The zero-order valence-corrected chi connectivity index (χ0v) is 20.6. The average molecular weight is 472 g/mol. The molecule has 3 aromatic rings. The minimum absolute atomic E-state index is 0.0639. The van der Waals surface area contributed by atoms with Crippen molar-refractivity contribution in [3.05, 3.63) is 94.8 Å². The third-order valence-electron chi connectivity index (χ3n) is 8.53. The van der Waals surface area contributed by atoms with Crippen LogP contribution in [0.15, 0.2) is 66.9 Å². The molecule has 4 atom stereocenters. The van der Waals surface area contributed by atoms with E-state index in [0.29, 0.717) is 42.7 Å². The van der Waals surface area contributed by atoms with Crippen molar-refractivity contribution >= 4 is 5.78 Å². The lowest BCUT2D eigenvalue weighted by Gasteiger charge is -2.58. The molecule has 5 heteroatoms. The van der Waals surface area contributed by atoms with Crippen LogP contribution in [0.2, 0.25) is 0 Å². The van der Waals surface area contributed by atoms with E-state index in [1.54, 1.807) is 13.1 Å². The van der Waals surface area contributed by atoms with Crippen LogP contribution in [0.1, 0.15) is 72.3 Å². The molecule has 1 saturated carbocycles. The number of aliphatic hydroxyl groups is 2. The minimum Gasteiger partial charge on any atom is -0.489 e. The van der Waals surface area contributed by atoms with Gasteiger partial charge in [0.15, 0.2) is 5.78 Å². The first-order chi connectivity index (χ1) is 16.7. The molecule has 0 spiro atoms. The van der Waals surface area contributed by atoms with Crippen molar-refractivity contribution in [3.63, 3.8) is 0 Å². The number of fused-ring (bicyclic) bond motifs is 3. The first kappa shape index (κ1) is 23.7. The molecule has 0 bridgehead atoms. The molecule has 2 aliphatic rings. The van der Waals surface area contributed by atoms with Crippen LogP contribution >= 0.6 is 0 Å². The number of aryl methyl sites for hydroxylation is 1. The van der Waals surface area contributed by atoms with Gasteiger partial charge in [-0.05, 0) is 68.4 Å². The Morgan fingerprint density at radius 3 is 2.57 bits per heavy atom. The van der Waals surface area contributed by atoms with Crippen molar-refractivity contribution < 1.29 is 19.7 Å². The van der Waals surface area contributed by atoms with Crippen LogP contribution in [0.5, 0.6) is 5.75 Å². The fraction of sp³-hybridized carbons (Fsp3) is 0.400. The maximum Gasteiger partial charge on any atom is 0.163 e. The first-order valence-corrected chi connectivity index (χ1v) is 12.4. The highest BCUT2D eigenvalue weighted by Gasteiger charge is 2.61. The van der Waals surface area contributed by atoms with Gasteiger partial charge in [0.2, 0.25) is 0 Å². The molecule has 0 amide bonds. The third kappa shape index (κ3) is 3.78. The Morgan fingerprint density at radius 2 is 1.86 bits per heavy atom. The van der Waals surface area contributed by atoms with Gasteiger partial charge < -0.3 is 14.9 Å². The molecule has 5 rings (SSSR count). The van der Waals surface area contributed by atoms with Crippen LogP contribution in [0, 0.1) is 12.8 Å². The zero-order chi connectivity index (χ0) is 24.8. The second-order valence-electron chi connectivity index (χ2n) is 10.5. The Kier molecular flexibility index (Phi) is 5.81. The summed E-state index contributed by atoms with van der Waals surface area (Å²) in [6, 6.07) is 19.0. The van der Waals surface area contributed by atoms with Gasteiger partial charge in [-0.25, -0.2) is 0 Å². The van der Waals surface area contributed by atoms with Crippen molar-refractivity contribution in [2.75, 3.05) is 0 Å². The van der Waals surface area contributed by atoms with Crippen LogP contribution in [0.4, 0.5) is 0 Å². The number of carbonyl (C=O) groups is 1. The van der Waals surface area contributed by atoms with Gasteiger partial charge in [-0.2, -0.15) is 0 Å². The van der Waals surface area contributed by atoms with Crippen LogP contribution in [-0.2, 0) is 17.6 Å². The van der Waals surface area contributed by atoms with E-state index in [1.807, 2.05) is 67.6 Å². The number of aromatic nitrogens is 1. The van der Waals surface area contributed by atoms with E-state index in [4.69, 9.17) is 4.74 Å². The van der Waals surface area contributed by atoms with Crippen molar-refractivity contribution in [2.45, 2.75) is 69.7 Å². The molecule has 5 nitrogen and oxygen atoms in total. The molecule has 0 unspecified atom stereocenters. The van der Waals surface area contributed by atoms with E-state index in [-0.39, 0.29) is 11.7 Å². The third-order valence-corrected chi connectivity index (χ3v) is 8.53. The highest BCUT2D eigenvalue weighted by molar-refractivity contribution is 6.00. The number of rotatable bonds is 5. The number of hydrogen-bond donors (Lipinski definition) is 2. The molecule has 0 aliphatic heterocycles. The SMILES string of the molecule is CC[C@@]12C[C@@](C)(O)[C@](O)(c3ccccc3)C[C@@H]1CC(=O)c1cc(OCc3cccnc3C)ccc12. The molecule has 2 aliphatic carbocycles. The quantitative estimate of drug-likeness (QED) is 0.531. The van der Waals surface area contributed by atoms with E-state index in [0.717, 1.165) is 23.2 Å². The molecule has 1 aromatic heterocycles. The molecule has 2 aromatic carbocycles. The largest absolute Gasteiger partial charge is 0.489 e. The lowest BCUT2D eigenvalue weighted by Crippen LogP contribution is -2.62. The maximum atomic E-state index is 13.4. The summed E-state index contributed by atoms with van der Waals surface area (Å²) in [5.74, 6) is 0.644. The summed E-state index contributed by atoms with van der Waals surface area (Å²) in [5, 5.41) is 23.5. The van der Waals surface area contributed by atoms with E-state index >= 15 is 0 Å². The van der Waals surface area contributed by atoms with Crippen LogP contribution in [0.3, 0.4) is 0 Å². The standard InChI is InChI=1S/C30H33NO4/c1-4-29-19-28(3,33)30(34,22-10-6-5-7-11-22)17-23(29)15-27(32)25-16-24(12-13-26(25)29)35-18-21-9-8-14-31-20(21)2/h5-14,16,23,33-34H,4,15,17-19H2,1-3H3/t23-,28+,29+,30+/m0/s1. The normalized spacial score (nSPS) is 29.9. The van der Waals surface area contributed by atoms with E-state index in [1.165, 1.54) is 0 Å². The van der Waals surface area contributed by atoms with Crippen LogP contribution in [0.25, 0.3) is 0 Å². The van der Waals surface area contributed by atoms with Crippen LogP contribution in [-0.4, -0.2) is 26.6 Å². The Labute approximate surface area is 206 Å². The molecule has 1 heterocycles. The summed E-state index contributed by atoms with van der Waals surface area (Å²) in [5.41, 5.74) is 1.08. The molecular weight excluding hydrogens is 438 g/mol. The van der Waals surface area contributed by atoms with Gasteiger partial charge in [-0.3, -0.25) is 9.78 Å². The monoisotopic (exact) mass is 471 g/mol. The number of Topliss-reactive ketones (excluding diaryl/α,β-unsaturated/α-hetero) is 1. The molecule has 1 fully saturated rings. The van der Waals surface area contributed by atoms with E-state index in [9.17, 15) is 15.0 Å². The Hall–Kier alpha value is -3.02. The fourth-order valence-corrected chi connectivity index (χ4v) is 6.45. The number of pyridine rings is 1. The second-order valence-corrected chi connectivity index (χ2v) is 10.5. The predicted molar refractivity (Wildman–Crippen MR) is 134 cm³/mol. The minimum atomic E-state index is -1.42. The van der Waals surface area contributed by atoms with Crippen molar-refractivity contribution in [1.82, 2.24) is 4.98 Å². The van der Waals surface area contributed by atoms with Crippen molar-refractivity contribution in [2.24, 2.45) is 5.92 Å². The van der Waals surface area contributed by atoms with Crippen molar-refractivity contribution in [1.29, 1.82) is 0 Å². The summed E-state index contributed by atoms with van der Waals surface area (Å²) in [6.45, 7) is 6.18. The maximum absolute atomic E-state index is 13.4. The number of ether oxygens (including phenoxy) is 1. The van der Waals surface area contributed by atoms with Gasteiger partial charge in [0.05, 0.1) is 5.60 Å². The summed E-state index contributed by atoms with van der Waals surface area (Å²) < 4.78 is 6.04. The Balaban J connectivity index is 1.50. The Morgan fingerprint density at radius 1 is 1.09 bits per heavy atom. The average Bonchev–Trinajstić information content (AvgIpc) is 2.85. The number of benzene rings is 2. The van der Waals surface area contributed by atoms with Gasteiger partial charge in [0.25, 0.3) is 0 Å². The predicted octanol–water partition coefficient (Wildman–Crippen LogP) is 5.25. The number of hydrogen-bond acceptors (Lipinski definition) is 5. The van der Waals surface area contributed by atoms with Gasteiger partial charge >= 0.3 is 0 Å². The second kappa shape index (κ2) is 8.58. The highest BCUT2D eigenvalue weighted by Crippen LogP contribution is 2.60. The number of ketones is 1. The molecule has 35 heavy (non-hydrogen) atoms. The lowest BCUT2D eigenvalue weighted by atomic mass is 9.48. The van der Waals surface area contributed by atoms with Crippen LogP contribution < -0.4 is 4.74 Å². The topological polar surface area (TPSA) is 79.7 Å². The Bertz CT molecular complexity index is 1250. The zero-order valence-electron chi connectivity index (χ0n) is 20.6. The summed E-state index contributed by atoms with van der Waals surface area (Å²) >= 11 is 0. The molecule has 2 N–H and O–H groups in total. The number of carbonyl (C=O) groups excluding carboxylic acids is 1. The van der Waals surface area contributed by atoms with Gasteiger partial charge in [-0.15, -0.1) is 0 Å². The van der Waals surface area contributed by atoms with Gasteiger partial charge in [-0.1, -0.05) is 49.4 Å². The number of nitrogens with zero attached hydrogens (tertiary/aromatic N) is 1. The van der Waals surface area contributed by atoms with Gasteiger partial charge in [0, 0.05) is 34.9 Å². The van der Waals surface area contributed by atoms with E-state index in [2.05, 4.69) is 11.9 Å². The molecular formula is C30H33NO4. The summed E-state index contributed by atoms with van der Waals surface area (Å²) in [7, 11) is 0. The molecule has 182 valence electrons. The highest BCUT2D eigenvalue weighted by atomic mass is 16.5. The van der Waals surface area contributed by atoms with E-state index < -0.39 is 16.6 Å². The van der Waals surface area contributed by atoms with Crippen molar-refractivity contribution in [3.8, 4) is 5.75 Å². The summed E-state index contributed by atoms with van der Waals surface area (Å²) in [6.07, 6.45) is 3.59. The lowest BCUT2D eigenvalue weighted by molar-refractivity contribution is -0.203. The smallest absolute Gasteiger partial charge is 0.163 e. The molecule has 0 saturated heterocycles.